The molecule has 0 aromatic heterocycles. The summed E-state index contributed by atoms with van der Waals surface area (Å²) >= 11 is 0. The van der Waals surface area contributed by atoms with Crippen LogP contribution in [0.15, 0.2) is 24.3 Å². The standard InChI is InChI=1S/C17H24N2O4.ClH/c1-17(16(21)23-3)9-4-10-19(17)15(20)14(18)11-12-5-7-13(22-2)8-6-12;/h5-8,14H,4,9-11,18H2,1-3H3;1H/t14-,17-;/m0./s1. The van der Waals surface area contributed by atoms with Crippen molar-refractivity contribution in [3.05, 3.63) is 29.8 Å². The molecule has 1 aliphatic rings. The van der Waals surface area contributed by atoms with E-state index in [-0.39, 0.29) is 24.3 Å². The van der Waals surface area contributed by atoms with Crippen LogP contribution in [-0.4, -0.2) is 49.1 Å². The molecule has 1 aromatic carbocycles. The molecule has 1 saturated heterocycles. The molecule has 7 heteroatoms. The van der Waals surface area contributed by atoms with Gasteiger partial charge in [-0.05, 0) is 43.9 Å². The molecule has 6 nitrogen and oxygen atoms in total. The van der Waals surface area contributed by atoms with Gasteiger partial charge in [0.2, 0.25) is 5.91 Å². The van der Waals surface area contributed by atoms with E-state index in [9.17, 15) is 9.59 Å². The summed E-state index contributed by atoms with van der Waals surface area (Å²) in [6, 6.07) is 6.75. The quantitative estimate of drug-likeness (QED) is 0.809. The Morgan fingerprint density at radius 2 is 1.92 bits per heavy atom. The average molecular weight is 357 g/mol. The minimum atomic E-state index is -0.913. The smallest absolute Gasteiger partial charge is 0.331 e. The van der Waals surface area contributed by atoms with Crippen LogP contribution in [0.4, 0.5) is 0 Å². The predicted octanol–water partition coefficient (Wildman–Crippen LogP) is 1.54. The number of esters is 1. The molecule has 0 bridgehead atoms. The fourth-order valence-electron chi connectivity index (χ4n) is 3.05. The van der Waals surface area contributed by atoms with Crippen molar-refractivity contribution in [1.29, 1.82) is 0 Å². The summed E-state index contributed by atoms with van der Waals surface area (Å²) in [5.41, 5.74) is 6.12. The number of amides is 1. The van der Waals surface area contributed by atoms with Crippen LogP contribution in [0.2, 0.25) is 0 Å². The Kier molecular flexibility index (Phi) is 7.05. The Labute approximate surface area is 148 Å². The first-order valence-corrected chi connectivity index (χ1v) is 7.71. The second kappa shape index (κ2) is 8.35. The third-order valence-corrected chi connectivity index (χ3v) is 4.46. The maximum atomic E-state index is 12.7. The van der Waals surface area contributed by atoms with Crippen LogP contribution in [-0.2, 0) is 20.7 Å². The number of likely N-dealkylation sites (tertiary alicyclic amines) is 1. The van der Waals surface area contributed by atoms with Crippen LogP contribution in [0.3, 0.4) is 0 Å². The first-order valence-electron chi connectivity index (χ1n) is 7.71. The summed E-state index contributed by atoms with van der Waals surface area (Å²) in [4.78, 5) is 26.3. The molecule has 1 fully saturated rings. The fourth-order valence-corrected chi connectivity index (χ4v) is 3.05. The lowest BCUT2D eigenvalue weighted by Crippen LogP contribution is -2.56. The number of nitrogens with two attached hydrogens (primary N) is 1. The molecule has 2 rings (SSSR count). The number of carbonyl (C=O) groups is 2. The zero-order valence-electron chi connectivity index (χ0n) is 14.3. The van der Waals surface area contributed by atoms with Crippen molar-refractivity contribution in [3.8, 4) is 5.75 Å². The third-order valence-electron chi connectivity index (χ3n) is 4.46. The Hall–Kier alpha value is -1.79. The second-order valence-electron chi connectivity index (χ2n) is 6.02. The first kappa shape index (κ1) is 20.3. The molecular formula is C17H25ClN2O4. The Balaban J connectivity index is 0.00000288. The van der Waals surface area contributed by atoms with E-state index in [1.54, 1.807) is 18.9 Å². The maximum Gasteiger partial charge on any atom is 0.331 e. The van der Waals surface area contributed by atoms with Gasteiger partial charge < -0.3 is 20.1 Å². The van der Waals surface area contributed by atoms with Gasteiger partial charge in [-0.25, -0.2) is 4.79 Å². The molecule has 24 heavy (non-hydrogen) atoms. The molecule has 1 heterocycles. The van der Waals surface area contributed by atoms with Crippen molar-refractivity contribution in [1.82, 2.24) is 4.90 Å². The SMILES string of the molecule is COC(=O)[C@]1(C)CCCN1C(=O)[C@@H](N)Cc1ccc(OC)cc1.Cl. The molecule has 1 aliphatic heterocycles. The van der Waals surface area contributed by atoms with Crippen LogP contribution >= 0.6 is 12.4 Å². The zero-order valence-corrected chi connectivity index (χ0v) is 15.1. The number of hydrogen-bond acceptors (Lipinski definition) is 5. The average Bonchev–Trinajstić information content (AvgIpc) is 2.97. The van der Waals surface area contributed by atoms with E-state index in [4.69, 9.17) is 15.2 Å². The van der Waals surface area contributed by atoms with Gasteiger partial charge in [0.15, 0.2) is 0 Å². The highest BCUT2D eigenvalue weighted by atomic mass is 35.5. The summed E-state index contributed by atoms with van der Waals surface area (Å²) in [7, 11) is 2.94. The zero-order chi connectivity index (χ0) is 17.0. The molecule has 0 saturated carbocycles. The van der Waals surface area contributed by atoms with Gasteiger partial charge in [0.05, 0.1) is 20.3 Å². The number of benzene rings is 1. The van der Waals surface area contributed by atoms with Crippen LogP contribution in [0, 0.1) is 0 Å². The van der Waals surface area contributed by atoms with Crippen LogP contribution in [0.25, 0.3) is 0 Å². The van der Waals surface area contributed by atoms with E-state index in [2.05, 4.69) is 0 Å². The highest BCUT2D eigenvalue weighted by Gasteiger charge is 2.47. The molecule has 0 radical (unpaired) electrons. The molecule has 0 aliphatic carbocycles. The van der Waals surface area contributed by atoms with Crippen molar-refractivity contribution in [2.45, 2.75) is 37.8 Å². The van der Waals surface area contributed by atoms with E-state index < -0.39 is 11.6 Å². The summed E-state index contributed by atoms with van der Waals surface area (Å²) in [5.74, 6) is 0.151. The topological polar surface area (TPSA) is 81.9 Å². The normalized spacial score (nSPS) is 20.9. The number of rotatable bonds is 5. The van der Waals surface area contributed by atoms with E-state index >= 15 is 0 Å². The molecule has 1 amide bonds. The van der Waals surface area contributed by atoms with Gasteiger partial charge in [-0.1, -0.05) is 12.1 Å². The lowest BCUT2D eigenvalue weighted by atomic mass is 9.97. The summed E-state index contributed by atoms with van der Waals surface area (Å²) in [5, 5.41) is 0. The van der Waals surface area contributed by atoms with Crippen LogP contribution < -0.4 is 10.5 Å². The number of methoxy groups -OCH3 is 2. The Morgan fingerprint density at radius 3 is 2.46 bits per heavy atom. The van der Waals surface area contributed by atoms with Crippen LogP contribution in [0.1, 0.15) is 25.3 Å². The molecular weight excluding hydrogens is 332 g/mol. The number of nitrogens with zero attached hydrogens (tertiary/aromatic N) is 1. The number of hydrogen-bond donors (Lipinski definition) is 1. The lowest BCUT2D eigenvalue weighted by Gasteiger charge is -2.34. The van der Waals surface area contributed by atoms with Gasteiger partial charge in [0, 0.05) is 6.54 Å². The van der Waals surface area contributed by atoms with E-state index in [0.29, 0.717) is 19.4 Å². The number of carbonyl (C=O) groups excluding carboxylic acids is 2. The van der Waals surface area contributed by atoms with Crippen molar-refractivity contribution in [3.63, 3.8) is 0 Å². The van der Waals surface area contributed by atoms with Crippen molar-refractivity contribution in [2.75, 3.05) is 20.8 Å². The van der Waals surface area contributed by atoms with Crippen LogP contribution in [0.5, 0.6) is 5.75 Å². The van der Waals surface area contributed by atoms with Gasteiger partial charge in [-0.2, -0.15) is 0 Å². The van der Waals surface area contributed by atoms with E-state index in [1.807, 2.05) is 24.3 Å². The monoisotopic (exact) mass is 356 g/mol. The molecule has 0 spiro atoms. The summed E-state index contributed by atoms with van der Waals surface area (Å²) in [6.07, 6.45) is 1.78. The highest BCUT2D eigenvalue weighted by molar-refractivity contribution is 5.90. The maximum absolute atomic E-state index is 12.7. The van der Waals surface area contributed by atoms with Gasteiger partial charge in [0.25, 0.3) is 0 Å². The highest BCUT2D eigenvalue weighted by Crippen LogP contribution is 2.31. The minimum absolute atomic E-state index is 0. The molecule has 1 aromatic rings. The number of halogens is 1. The summed E-state index contributed by atoms with van der Waals surface area (Å²) in [6.45, 7) is 2.27. The third kappa shape index (κ3) is 3.99. The van der Waals surface area contributed by atoms with E-state index in [0.717, 1.165) is 17.7 Å². The van der Waals surface area contributed by atoms with Gasteiger partial charge in [-0.15, -0.1) is 12.4 Å². The van der Waals surface area contributed by atoms with E-state index in [1.165, 1.54) is 7.11 Å². The van der Waals surface area contributed by atoms with Gasteiger partial charge >= 0.3 is 5.97 Å². The molecule has 2 atom stereocenters. The molecule has 0 unspecified atom stereocenters. The minimum Gasteiger partial charge on any atom is -0.497 e. The Morgan fingerprint density at radius 1 is 1.29 bits per heavy atom. The number of ether oxygens (including phenoxy) is 2. The fraction of sp³-hybridized carbons (Fsp3) is 0.529. The van der Waals surface area contributed by atoms with Gasteiger partial charge in [0.1, 0.15) is 11.3 Å². The predicted molar refractivity (Wildman–Crippen MR) is 93.3 cm³/mol. The molecule has 2 N–H and O–H groups in total. The van der Waals surface area contributed by atoms with Crippen molar-refractivity contribution >= 4 is 24.3 Å². The molecule has 134 valence electrons. The lowest BCUT2D eigenvalue weighted by molar-refractivity contribution is -0.158. The van der Waals surface area contributed by atoms with Crippen molar-refractivity contribution < 1.29 is 19.1 Å². The first-order chi connectivity index (χ1) is 10.9. The second-order valence-corrected chi connectivity index (χ2v) is 6.02. The van der Waals surface area contributed by atoms with Gasteiger partial charge in [-0.3, -0.25) is 4.79 Å². The van der Waals surface area contributed by atoms with Crippen molar-refractivity contribution in [2.24, 2.45) is 5.73 Å². The largest absolute Gasteiger partial charge is 0.497 e. The Bertz CT molecular complexity index is 578. The summed E-state index contributed by atoms with van der Waals surface area (Å²) < 4.78 is 9.96.